The van der Waals surface area contributed by atoms with Gasteiger partial charge in [0, 0.05) is 17.8 Å². The minimum atomic E-state index is -0.747. The number of nitrogens with zero attached hydrogens (tertiary/aromatic N) is 2. The maximum atomic E-state index is 13.5. The minimum Gasteiger partial charge on any atom is -0.319 e. The first-order valence-electron chi connectivity index (χ1n) is 5.07. The second-order valence-electron chi connectivity index (χ2n) is 3.73. The fourth-order valence-corrected chi connectivity index (χ4v) is 1.48. The SMILES string of the molecule is Cc1cnc(C(N)c2ccc(F)cc2F)cn1. The molecule has 5 heteroatoms. The zero-order valence-electron chi connectivity index (χ0n) is 9.19. The molecule has 2 rings (SSSR count). The molecule has 0 saturated heterocycles. The highest BCUT2D eigenvalue weighted by molar-refractivity contribution is 5.28. The Hall–Kier alpha value is -1.88. The van der Waals surface area contributed by atoms with E-state index >= 15 is 0 Å². The molecule has 0 bridgehead atoms. The number of hydrogen-bond acceptors (Lipinski definition) is 3. The van der Waals surface area contributed by atoms with Crippen molar-refractivity contribution in [2.75, 3.05) is 0 Å². The Kier molecular flexibility index (Phi) is 3.10. The van der Waals surface area contributed by atoms with Crippen LogP contribution >= 0.6 is 0 Å². The van der Waals surface area contributed by atoms with E-state index in [4.69, 9.17) is 5.73 Å². The summed E-state index contributed by atoms with van der Waals surface area (Å²) in [7, 11) is 0. The topological polar surface area (TPSA) is 51.8 Å². The van der Waals surface area contributed by atoms with E-state index in [0.29, 0.717) is 5.69 Å². The summed E-state index contributed by atoms with van der Waals surface area (Å²) in [5.74, 6) is -1.31. The zero-order valence-corrected chi connectivity index (χ0v) is 9.19. The fourth-order valence-electron chi connectivity index (χ4n) is 1.48. The van der Waals surface area contributed by atoms with Crippen molar-refractivity contribution in [3.63, 3.8) is 0 Å². The van der Waals surface area contributed by atoms with Crippen LogP contribution in [0, 0.1) is 18.6 Å². The lowest BCUT2D eigenvalue weighted by molar-refractivity contribution is 0.564. The van der Waals surface area contributed by atoms with Crippen molar-refractivity contribution in [1.29, 1.82) is 0 Å². The summed E-state index contributed by atoms with van der Waals surface area (Å²) in [5, 5.41) is 0. The van der Waals surface area contributed by atoms with Gasteiger partial charge in [-0.15, -0.1) is 0 Å². The van der Waals surface area contributed by atoms with Crippen LogP contribution in [-0.4, -0.2) is 9.97 Å². The van der Waals surface area contributed by atoms with Gasteiger partial charge in [0.1, 0.15) is 11.6 Å². The van der Waals surface area contributed by atoms with E-state index < -0.39 is 17.7 Å². The normalized spacial score (nSPS) is 12.5. The van der Waals surface area contributed by atoms with Gasteiger partial charge in [-0.3, -0.25) is 9.97 Å². The Labute approximate surface area is 97.3 Å². The van der Waals surface area contributed by atoms with E-state index in [-0.39, 0.29) is 5.56 Å². The van der Waals surface area contributed by atoms with Crippen molar-refractivity contribution in [2.24, 2.45) is 5.73 Å². The Morgan fingerprint density at radius 3 is 2.53 bits per heavy atom. The first kappa shape index (κ1) is 11.6. The van der Waals surface area contributed by atoms with Gasteiger partial charge in [0.25, 0.3) is 0 Å². The molecule has 17 heavy (non-hydrogen) atoms. The summed E-state index contributed by atoms with van der Waals surface area (Å²) in [4.78, 5) is 8.10. The molecule has 0 fully saturated rings. The average molecular weight is 235 g/mol. The molecule has 2 N–H and O–H groups in total. The molecule has 0 saturated carbocycles. The van der Waals surface area contributed by atoms with Gasteiger partial charge in [0.15, 0.2) is 0 Å². The molecule has 1 aromatic carbocycles. The molecule has 0 spiro atoms. The third-order valence-electron chi connectivity index (χ3n) is 2.42. The van der Waals surface area contributed by atoms with Gasteiger partial charge >= 0.3 is 0 Å². The summed E-state index contributed by atoms with van der Waals surface area (Å²) >= 11 is 0. The van der Waals surface area contributed by atoms with Crippen molar-refractivity contribution in [2.45, 2.75) is 13.0 Å². The fraction of sp³-hybridized carbons (Fsp3) is 0.167. The lowest BCUT2D eigenvalue weighted by Gasteiger charge is -2.12. The summed E-state index contributed by atoms with van der Waals surface area (Å²) in [6, 6.07) is 2.54. The zero-order chi connectivity index (χ0) is 12.4. The monoisotopic (exact) mass is 235 g/mol. The van der Waals surface area contributed by atoms with E-state index in [1.54, 1.807) is 13.1 Å². The number of hydrogen-bond donors (Lipinski definition) is 1. The van der Waals surface area contributed by atoms with E-state index in [1.165, 1.54) is 18.3 Å². The van der Waals surface area contributed by atoms with E-state index in [2.05, 4.69) is 9.97 Å². The van der Waals surface area contributed by atoms with Crippen molar-refractivity contribution in [1.82, 2.24) is 9.97 Å². The quantitative estimate of drug-likeness (QED) is 0.867. The van der Waals surface area contributed by atoms with Crippen molar-refractivity contribution < 1.29 is 8.78 Å². The van der Waals surface area contributed by atoms with Gasteiger partial charge in [-0.2, -0.15) is 0 Å². The second kappa shape index (κ2) is 4.55. The van der Waals surface area contributed by atoms with Crippen LogP contribution in [0.25, 0.3) is 0 Å². The van der Waals surface area contributed by atoms with E-state index in [9.17, 15) is 8.78 Å². The van der Waals surface area contributed by atoms with Crippen LogP contribution in [0.4, 0.5) is 8.78 Å². The Bertz CT molecular complexity index is 526. The third-order valence-corrected chi connectivity index (χ3v) is 2.42. The first-order valence-corrected chi connectivity index (χ1v) is 5.07. The molecule has 0 aliphatic heterocycles. The predicted molar refractivity (Wildman–Crippen MR) is 59.2 cm³/mol. The maximum Gasteiger partial charge on any atom is 0.131 e. The smallest absolute Gasteiger partial charge is 0.131 e. The van der Waals surface area contributed by atoms with Crippen molar-refractivity contribution in [3.8, 4) is 0 Å². The molecule has 3 nitrogen and oxygen atoms in total. The van der Waals surface area contributed by atoms with Gasteiger partial charge in [-0.05, 0) is 13.0 Å². The third kappa shape index (κ3) is 2.45. The first-order chi connectivity index (χ1) is 8.08. The van der Waals surface area contributed by atoms with Gasteiger partial charge in [-0.1, -0.05) is 6.07 Å². The standard InChI is InChI=1S/C12H11F2N3/c1-7-5-17-11(6-16-7)12(15)9-3-2-8(13)4-10(9)14/h2-6,12H,15H2,1H3. The number of benzene rings is 1. The summed E-state index contributed by atoms with van der Waals surface area (Å²) in [5.41, 5.74) is 7.25. The Balaban J connectivity index is 2.36. The molecule has 1 heterocycles. The van der Waals surface area contributed by atoms with Gasteiger partial charge < -0.3 is 5.73 Å². The summed E-state index contributed by atoms with van der Waals surface area (Å²) < 4.78 is 26.3. The number of aromatic nitrogens is 2. The molecular formula is C12H11F2N3. The number of rotatable bonds is 2. The van der Waals surface area contributed by atoms with Gasteiger partial charge in [0.2, 0.25) is 0 Å². The van der Waals surface area contributed by atoms with E-state index in [1.807, 2.05) is 0 Å². The highest BCUT2D eigenvalue weighted by atomic mass is 19.1. The van der Waals surface area contributed by atoms with Crippen LogP contribution in [0.5, 0.6) is 0 Å². The Morgan fingerprint density at radius 2 is 1.94 bits per heavy atom. The lowest BCUT2D eigenvalue weighted by atomic mass is 10.0. The minimum absolute atomic E-state index is 0.199. The second-order valence-corrected chi connectivity index (χ2v) is 3.73. The maximum absolute atomic E-state index is 13.5. The molecule has 0 amide bonds. The highest BCUT2D eigenvalue weighted by Crippen LogP contribution is 2.20. The van der Waals surface area contributed by atoms with Crippen LogP contribution in [-0.2, 0) is 0 Å². The molecule has 1 atom stereocenters. The van der Waals surface area contributed by atoms with Gasteiger partial charge in [0.05, 0.1) is 23.6 Å². The number of halogens is 2. The van der Waals surface area contributed by atoms with Crippen molar-refractivity contribution in [3.05, 3.63) is 59.2 Å². The molecule has 0 aliphatic carbocycles. The lowest BCUT2D eigenvalue weighted by Crippen LogP contribution is -2.15. The van der Waals surface area contributed by atoms with Crippen LogP contribution < -0.4 is 5.73 Å². The highest BCUT2D eigenvalue weighted by Gasteiger charge is 2.15. The Morgan fingerprint density at radius 1 is 1.18 bits per heavy atom. The molecule has 88 valence electrons. The molecule has 0 aliphatic rings. The van der Waals surface area contributed by atoms with Crippen LogP contribution in [0.1, 0.15) is 23.0 Å². The molecular weight excluding hydrogens is 224 g/mol. The van der Waals surface area contributed by atoms with Gasteiger partial charge in [-0.25, -0.2) is 8.78 Å². The van der Waals surface area contributed by atoms with Crippen LogP contribution in [0.2, 0.25) is 0 Å². The number of aryl methyl sites for hydroxylation is 1. The molecule has 1 aromatic heterocycles. The van der Waals surface area contributed by atoms with E-state index in [0.717, 1.165) is 11.8 Å². The van der Waals surface area contributed by atoms with Crippen LogP contribution in [0.15, 0.2) is 30.6 Å². The molecule has 0 radical (unpaired) electrons. The molecule has 2 aromatic rings. The molecule has 1 unspecified atom stereocenters. The summed E-state index contributed by atoms with van der Waals surface area (Å²) in [6.07, 6.45) is 3.04. The van der Waals surface area contributed by atoms with Crippen LogP contribution in [0.3, 0.4) is 0 Å². The number of nitrogens with two attached hydrogens (primary N) is 1. The largest absolute Gasteiger partial charge is 0.319 e. The summed E-state index contributed by atoms with van der Waals surface area (Å²) in [6.45, 7) is 1.79. The average Bonchev–Trinajstić information content (AvgIpc) is 2.29. The predicted octanol–water partition coefficient (Wildman–Crippen LogP) is 2.11. The van der Waals surface area contributed by atoms with Crippen molar-refractivity contribution >= 4 is 0 Å².